The summed E-state index contributed by atoms with van der Waals surface area (Å²) in [5, 5.41) is 6.25. The average Bonchev–Trinajstić information content (AvgIpc) is 3.51. The first-order chi connectivity index (χ1) is 17.2. The molecule has 2 aliphatic heterocycles. The molecule has 0 bridgehead atoms. The maximum absolute atomic E-state index is 13.0. The van der Waals surface area contributed by atoms with Crippen LogP contribution in [0, 0.1) is 0 Å². The van der Waals surface area contributed by atoms with E-state index < -0.39 is 9.89 Å². The van der Waals surface area contributed by atoms with Crippen molar-refractivity contribution in [1.82, 2.24) is 18.8 Å². The number of hydrogen-bond donors (Lipinski definition) is 1. The largest absolute Gasteiger partial charge is 0.489 e. The molecule has 2 fully saturated rings. The van der Waals surface area contributed by atoms with E-state index in [0.29, 0.717) is 55.3 Å². The van der Waals surface area contributed by atoms with E-state index in [1.807, 2.05) is 12.1 Å². The summed E-state index contributed by atoms with van der Waals surface area (Å²) in [5.74, 6) is 4.91. The van der Waals surface area contributed by atoms with Gasteiger partial charge in [-0.3, -0.25) is 14.7 Å². The van der Waals surface area contributed by atoms with Gasteiger partial charge in [-0.15, -0.1) is 0 Å². The summed E-state index contributed by atoms with van der Waals surface area (Å²) in [7, 11) is -0.990. The van der Waals surface area contributed by atoms with E-state index in [0.717, 1.165) is 30.6 Å². The maximum atomic E-state index is 13.0. The van der Waals surface area contributed by atoms with Gasteiger partial charge in [0.25, 0.3) is 5.56 Å². The van der Waals surface area contributed by atoms with Crippen molar-refractivity contribution in [2.75, 3.05) is 32.8 Å². The fourth-order valence-corrected chi connectivity index (χ4v) is 5.78. The van der Waals surface area contributed by atoms with Gasteiger partial charge in [0.2, 0.25) is 0 Å². The number of furan rings is 1. The molecule has 5 rings (SSSR count). The Morgan fingerprint density at radius 3 is 2.89 bits per heavy atom. The van der Waals surface area contributed by atoms with Crippen molar-refractivity contribution in [1.29, 1.82) is 0 Å². The fourth-order valence-electron chi connectivity index (χ4n) is 4.93. The number of hydrogen-bond acceptors (Lipinski definition) is 7. The van der Waals surface area contributed by atoms with Crippen molar-refractivity contribution >= 4 is 26.7 Å². The Morgan fingerprint density at radius 1 is 1.33 bits per heavy atom. The minimum atomic E-state index is -2.72. The van der Waals surface area contributed by atoms with Gasteiger partial charge in [-0.05, 0) is 37.8 Å². The highest BCUT2D eigenvalue weighted by Crippen LogP contribution is 2.35. The number of aryl methyl sites for hydroxylation is 1. The van der Waals surface area contributed by atoms with Crippen molar-refractivity contribution in [3.63, 3.8) is 0 Å². The highest BCUT2D eigenvalue weighted by atomic mass is 32.2. The molecule has 2 N–H and O–H groups in total. The highest BCUT2D eigenvalue weighted by Gasteiger charge is 2.28. The first-order valence-electron chi connectivity index (χ1n) is 12.2. The smallest absolute Gasteiger partial charge is 0.261 e. The summed E-state index contributed by atoms with van der Waals surface area (Å²) in [6, 6.07) is 3.79. The Labute approximate surface area is 210 Å². The normalized spacial score (nSPS) is 23.2. The van der Waals surface area contributed by atoms with Crippen LogP contribution in [0.1, 0.15) is 25.5 Å². The van der Waals surface area contributed by atoms with E-state index in [1.54, 1.807) is 34.5 Å². The van der Waals surface area contributed by atoms with Gasteiger partial charge in [0, 0.05) is 62.9 Å². The maximum Gasteiger partial charge on any atom is 0.261 e. The second kappa shape index (κ2) is 9.98. The summed E-state index contributed by atoms with van der Waals surface area (Å²) in [6.07, 6.45) is 7.26. The van der Waals surface area contributed by atoms with Crippen molar-refractivity contribution in [2.45, 2.75) is 38.5 Å². The van der Waals surface area contributed by atoms with Crippen molar-refractivity contribution in [3.05, 3.63) is 46.8 Å². The lowest BCUT2D eigenvalue weighted by atomic mass is 10.1. The van der Waals surface area contributed by atoms with Crippen molar-refractivity contribution < 1.29 is 18.1 Å². The van der Waals surface area contributed by atoms with Crippen molar-refractivity contribution in [2.24, 2.45) is 12.2 Å². The van der Waals surface area contributed by atoms with Crippen LogP contribution in [-0.2, 0) is 28.2 Å². The number of ether oxygens (including phenoxy) is 2. The average molecular weight is 516 g/mol. The zero-order valence-electron chi connectivity index (χ0n) is 20.7. The molecule has 0 radical (unpaired) electrons. The molecule has 194 valence electrons. The molecule has 36 heavy (non-hydrogen) atoms. The lowest BCUT2D eigenvalue weighted by Crippen LogP contribution is -2.54. The first-order valence-corrected chi connectivity index (χ1v) is 13.9. The third kappa shape index (κ3) is 5.07. The summed E-state index contributed by atoms with van der Waals surface area (Å²) in [4.78, 5) is 19.5. The molecule has 0 aromatic carbocycles. The topological polar surface area (TPSA) is 116 Å². The lowest BCUT2D eigenvalue weighted by Gasteiger charge is -2.39. The predicted octanol–water partition coefficient (Wildman–Crippen LogP) is 1.76. The summed E-state index contributed by atoms with van der Waals surface area (Å²) < 4.78 is 33.5. The van der Waals surface area contributed by atoms with Crippen LogP contribution in [-0.4, -0.2) is 73.8 Å². The molecule has 0 amide bonds. The summed E-state index contributed by atoms with van der Waals surface area (Å²) in [5.41, 5.74) is 1.97. The van der Waals surface area contributed by atoms with Crippen LogP contribution < -0.4 is 15.4 Å². The van der Waals surface area contributed by atoms with Gasteiger partial charge >= 0.3 is 0 Å². The van der Waals surface area contributed by atoms with Gasteiger partial charge in [0.05, 0.1) is 34.1 Å². The van der Waals surface area contributed by atoms with Gasteiger partial charge in [-0.1, -0.05) is 0 Å². The second-order valence-electron chi connectivity index (χ2n) is 9.63. The SMILES string of the molecule is C=S(N)(=O)N1CCN(Cc2cc3c(=O)n(C)cc(-c4ccncc4OCC4CCCO4)c3o2)C(C)C1. The van der Waals surface area contributed by atoms with E-state index in [2.05, 4.69) is 22.7 Å². The Bertz CT molecular complexity index is 1410. The lowest BCUT2D eigenvalue weighted by molar-refractivity contribution is 0.0680. The van der Waals surface area contributed by atoms with E-state index >= 15 is 0 Å². The number of rotatable bonds is 7. The number of aromatic nitrogens is 2. The van der Waals surface area contributed by atoms with Crippen LogP contribution in [0.3, 0.4) is 0 Å². The number of nitrogens with two attached hydrogens (primary N) is 1. The molecular weight excluding hydrogens is 482 g/mol. The van der Waals surface area contributed by atoms with Crippen LogP contribution in [0.4, 0.5) is 0 Å². The zero-order valence-corrected chi connectivity index (χ0v) is 21.5. The Morgan fingerprint density at radius 2 is 2.17 bits per heavy atom. The van der Waals surface area contributed by atoms with Crippen molar-refractivity contribution in [3.8, 4) is 16.9 Å². The number of piperazine rings is 1. The third-order valence-corrected chi connectivity index (χ3v) is 8.15. The number of nitrogens with zero attached hydrogens (tertiary/aromatic N) is 4. The molecule has 0 saturated carbocycles. The van der Waals surface area contributed by atoms with Crippen LogP contribution in [0.25, 0.3) is 22.1 Å². The molecule has 11 heteroatoms. The van der Waals surface area contributed by atoms with Crippen LogP contribution in [0.5, 0.6) is 5.75 Å². The van der Waals surface area contributed by atoms with Gasteiger partial charge in [0.1, 0.15) is 23.7 Å². The minimum Gasteiger partial charge on any atom is -0.489 e. The quantitative estimate of drug-likeness (QED) is 0.477. The van der Waals surface area contributed by atoms with E-state index in [1.165, 1.54) is 0 Å². The summed E-state index contributed by atoms with van der Waals surface area (Å²) in [6.45, 7) is 5.56. The Balaban J connectivity index is 1.44. The minimum absolute atomic E-state index is 0.0759. The molecule has 3 atom stereocenters. The molecule has 5 heterocycles. The molecule has 2 saturated heterocycles. The monoisotopic (exact) mass is 515 g/mol. The fraction of sp³-hybridized carbons (Fsp3) is 0.480. The molecule has 0 spiro atoms. The first kappa shape index (κ1) is 25.0. The van der Waals surface area contributed by atoms with Gasteiger partial charge < -0.3 is 18.5 Å². The van der Waals surface area contributed by atoms with E-state index in [4.69, 9.17) is 19.0 Å². The Kier molecular flexibility index (Phi) is 6.92. The van der Waals surface area contributed by atoms with E-state index in [-0.39, 0.29) is 17.7 Å². The molecule has 2 aliphatic rings. The molecule has 3 aromatic heterocycles. The third-order valence-electron chi connectivity index (χ3n) is 6.95. The van der Waals surface area contributed by atoms with Crippen LogP contribution in [0.15, 0.2) is 39.9 Å². The number of fused-ring (bicyclic) bond motifs is 1. The molecule has 10 nitrogen and oxygen atoms in total. The predicted molar refractivity (Wildman–Crippen MR) is 140 cm³/mol. The summed E-state index contributed by atoms with van der Waals surface area (Å²) >= 11 is 0. The molecular formula is C25H33N5O5S. The second-order valence-corrected chi connectivity index (χ2v) is 11.5. The number of pyridine rings is 2. The zero-order chi connectivity index (χ0) is 25.4. The molecule has 3 unspecified atom stereocenters. The van der Waals surface area contributed by atoms with E-state index in [9.17, 15) is 9.00 Å². The Hall–Kier alpha value is -2.70. The molecule has 0 aliphatic carbocycles. The van der Waals surface area contributed by atoms with Crippen LogP contribution in [0.2, 0.25) is 0 Å². The highest BCUT2D eigenvalue weighted by molar-refractivity contribution is 7.96. The standard InChI is InChI=1S/C25H33N5O5S/c1-17-13-30(36(3,26)32)9-8-29(17)14-19-11-21-24(35-19)22(15-28(2)25(21)31)20-6-7-27-12-23(20)34-16-18-5-4-10-33-18/h6-7,11-12,15,17-18H,3-5,8-10,13-14,16H2,1-2H3,(H2,26,32). The van der Waals surface area contributed by atoms with Gasteiger partial charge in [-0.25, -0.2) is 13.7 Å². The van der Waals surface area contributed by atoms with Gasteiger partial charge in [0.15, 0.2) is 0 Å². The van der Waals surface area contributed by atoms with Crippen LogP contribution >= 0.6 is 0 Å². The molecule has 3 aromatic rings. The van der Waals surface area contributed by atoms with Gasteiger partial charge in [-0.2, -0.15) is 0 Å².